The number of nitrogen functional groups attached to an aromatic ring is 1. The van der Waals surface area contributed by atoms with Gasteiger partial charge in [0.05, 0.1) is 5.69 Å². The Kier molecular flexibility index (Phi) is 3.41. The van der Waals surface area contributed by atoms with Crippen molar-refractivity contribution in [3.8, 4) is 11.3 Å². The standard InChI is InChI=1S/C9H8N4O.ClH/c10-9-11-7(8(12-9)13-14)6-4-2-1-3-5-6;/h1-5H,(H3,10,11,12);1H. The van der Waals surface area contributed by atoms with E-state index in [0.29, 0.717) is 5.69 Å². The molecule has 1 heterocycles. The van der Waals surface area contributed by atoms with Crippen molar-refractivity contribution in [1.29, 1.82) is 0 Å². The second-order valence-corrected chi connectivity index (χ2v) is 2.78. The minimum atomic E-state index is 0. The number of anilines is 1. The summed E-state index contributed by atoms with van der Waals surface area (Å²) in [4.78, 5) is 17.0. The molecular formula is C9H9ClN4O. The third-order valence-corrected chi connectivity index (χ3v) is 1.85. The number of aromatic amines is 1. The first-order valence-corrected chi connectivity index (χ1v) is 4.05. The van der Waals surface area contributed by atoms with Gasteiger partial charge in [0.15, 0.2) is 5.95 Å². The molecule has 6 heteroatoms. The van der Waals surface area contributed by atoms with E-state index in [1.807, 2.05) is 30.3 Å². The predicted octanol–water partition coefficient (Wildman–Crippen LogP) is 2.48. The lowest BCUT2D eigenvalue weighted by Crippen LogP contribution is -1.85. The average molecular weight is 225 g/mol. The van der Waals surface area contributed by atoms with E-state index >= 15 is 0 Å². The molecule has 0 spiro atoms. The molecule has 0 bridgehead atoms. The predicted molar refractivity (Wildman–Crippen MR) is 61.1 cm³/mol. The topological polar surface area (TPSA) is 84.1 Å². The number of hydrogen-bond acceptors (Lipinski definition) is 4. The Labute approximate surface area is 92.1 Å². The fourth-order valence-corrected chi connectivity index (χ4v) is 1.25. The lowest BCUT2D eigenvalue weighted by atomic mass is 10.1. The summed E-state index contributed by atoms with van der Waals surface area (Å²) in [5, 5.41) is 2.80. The number of nitrogens with two attached hydrogens (primary N) is 1. The summed E-state index contributed by atoms with van der Waals surface area (Å²) < 4.78 is 0. The highest BCUT2D eigenvalue weighted by Gasteiger charge is 2.10. The normalized spacial score (nSPS) is 9.33. The number of nitrogens with zero attached hydrogens (tertiary/aromatic N) is 2. The number of benzene rings is 1. The number of H-pyrrole nitrogens is 1. The molecule has 0 amide bonds. The molecule has 0 aliphatic rings. The van der Waals surface area contributed by atoms with Crippen molar-refractivity contribution in [3.05, 3.63) is 35.2 Å². The summed E-state index contributed by atoms with van der Waals surface area (Å²) >= 11 is 0. The van der Waals surface area contributed by atoms with E-state index in [0.717, 1.165) is 5.56 Å². The van der Waals surface area contributed by atoms with Crippen LogP contribution in [0.5, 0.6) is 0 Å². The van der Waals surface area contributed by atoms with Gasteiger partial charge in [-0.15, -0.1) is 17.3 Å². The lowest BCUT2D eigenvalue weighted by molar-refractivity contribution is 1.30. The first kappa shape index (κ1) is 11.2. The van der Waals surface area contributed by atoms with Crippen LogP contribution >= 0.6 is 12.4 Å². The van der Waals surface area contributed by atoms with Crippen LogP contribution < -0.4 is 5.73 Å². The Morgan fingerprint density at radius 2 is 1.93 bits per heavy atom. The molecule has 15 heavy (non-hydrogen) atoms. The number of aromatic nitrogens is 2. The van der Waals surface area contributed by atoms with Gasteiger partial charge in [-0.2, -0.15) is 4.98 Å². The zero-order valence-electron chi connectivity index (χ0n) is 7.68. The van der Waals surface area contributed by atoms with Gasteiger partial charge in [-0.05, 0) is 5.18 Å². The van der Waals surface area contributed by atoms with Crippen molar-refractivity contribution in [3.63, 3.8) is 0 Å². The molecule has 0 saturated heterocycles. The van der Waals surface area contributed by atoms with Crippen molar-refractivity contribution in [2.45, 2.75) is 0 Å². The number of hydrogen-bond donors (Lipinski definition) is 2. The summed E-state index contributed by atoms with van der Waals surface area (Å²) in [7, 11) is 0. The molecule has 0 aliphatic heterocycles. The van der Waals surface area contributed by atoms with Crippen LogP contribution in [0.1, 0.15) is 0 Å². The fourth-order valence-electron chi connectivity index (χ4n) is 1.25. The van der Waals surface area contributed by atoms with Crippen molar-refractivity contribution in [2.24, 2.45) is 5.18 Å². The van der Waals surface area contributed by atoms with E-state index in [1.54, 1.807) is 0 Å². The summed E-state index contributed by atoms with van der Waals surface area (Å²) in [6.07, 6.45) is 0. The molecule has 1 aromatic heterocycles. The molecule has 0 radical (unpaired) electrons. The van der Waals surface area contributed by atoms with Gasteiger partial charge >= 0.3 is 0 Å². The molecule has 0 aliphatic carbocycles. The van der Waals surface area contributed by atoms with Crippen LogP contribution in [-0.4, -0.2) is 9.97 Å². The Bertz CT molecular complexity index is 454. The van der Waals surface area contributed by atoms with Gasteiger partial charge in [0.25, 0.3) is 0 Å². The average Bonchev–Trinajstić information content (AvgIpc) is 2.61. The van der Waals surface area contributed by atoms with Gasteiger partial charge in [0, 0.05) is 5.56 Å². The van der Waals surface area contributed by atoms with E-state index in [-0.39, 0.29) is 24.2 Å². The lowest BCUT2D eigenvalue weighted by Gasteiger charge is -1.95. The van der Waals surface area contributed by atoms with Gasteiger partial charge in [-0.3, -0.25) is 0 Å². The number of nitrogens with one attached hydrogen (secondary N) is 1. The second kappa shape index (κ2) is 4.56. The van der Waals surface area contributed by atoms with Gasteiger partial charge < -0.3 is 10.7 Å². The van der Waals surface area contributed by atoms with Gasteiger partial charge in [-0.1, -0.05) is 30.3 Å². The highest BCUT2D eigenvalue weighted by atomic mass is 35.5. The first-order valence-electron chi connectivity index (χ1n) is 4.05. The molecule has 3 N–H and O–H groups in total. The highest BCUT2D eigenvalue weighted by Crippen LogP contribution is 2.27. The van der Waals surface area contributed by atoms with E-state index < -0.39 is 0 Å². The van der Waals surface area contributed by atoms with Gasteiger partial charge in [-0.25, -0.2) is 0 Å². The first-order chi connectivity index (χ1) is 6.81. The van der Waals surface area contributed by atoms with Crippen LogP contribution in [0, 0.1) is 4.91 Å². The van der Waals surface area contributed by atoms with Crippen LogP contribution in [-0.2, 0) is 0 Å². The SMILES string of the molecule is Cl.Nc1nc(N=O)c(-c2ccccc2)[nH]1. The third-order valence-electron chi connectivity index (χ3n) is 1.85. The maximum absolute atomic E-state index is 10.4. The monoisotopic (exact) mass is 224 g/mol. The van der Waals surface area contributed by atoms with Crippen molar-refractivity contribution in [1.82, 2.24) is 9.97 Å². The summed E-state index contributed by atoms with van der Waals surface area (Å²) in [5.74, 6) is 0.284. The minimum Gasteiger partial charge on any atom is -0.369 e. The molecular weight excluding hydrogens is 216 g/mol. The van der Waals surface area contributed by atoms with Crippen LogP contribution in [0.25, 0.3) is 11.3 Å². The maximum atomic E-state index is 10.4. The van der Waals surface area contributed by atoms with Crippen molar-refractivity contribution >= 4 is 24.2 Å². The molecule has 0 saturated carbocycles. The van der Waals surface area contributed by atoms with E-state index in [1.165, 1.54) is 0 Å². The Morgan fingerprint density at radius 1 is 1.27 bits per heavy atom. The Balaban J connectivity index is 0.00000112. The fraction of sp³-hybridized carbons (Fsp3) is 0. The zero-order chi connectivity index (χ0) is 9.97. The molecule has 78 valence electrons. The minimum absolute atomic E-state index is 0. The third kappa shape index (κ3) is 2.13. The number of rotatable bonds is 2. The molecule has 0 atom stereocenters. The smallest absolute Gasteiger partial charge is 0.224 e. The van der Waals surface area contributed by atoms with Crippen LogP contribution in [0.4, 0.5) is 11.8 Å². The second-order valence-electron chi connectivity index (χ2n) is 2.78. The molecule has 1 aromatic carbocycles. The number of imidazole rings is 1. The number of nitroso groups, excluding NO2 is 1. The van der Waals surface area contributed by atoms with E-state index in [2.05, 4.69) is 15.1 Å². The highest BCUT2D eigenvalue weighted by molar-refractivity contribution is 5.85. The van der Waals surface area contributed by atoms with Crippen LogP contribution in [0.2, 0.25) is 0 Å². The molecule has 2 rings (SSSR count). The summed E-state index contributed by atoms with van der Waals surface area (Å²) in [5.41, 5.74) is 6.82. The van der Waals surface area contributed by atoms with E-state index in [4.69, 9.17) is 5.73 Å². The molecule has 2 aromatic rings. The van der Waals surface area contributed by atoms with Crippen molar-refractivity contribution in [2.75, 3.05) is 5.73 Å². The number of halogens is 1. The summed E-state index contributed by atoms with van der Waals surface area (Å²) in [6, 6.07) is 9.31. The van der Waals surface area contributed by atoms with E-state index in [9.17, 15) is 4.91 Å². The molecule has 0 fully saturated rings. The zero-order valence-corrected chi connectivity index (χ0v) is 8.49. The van der Waals surface area contributed by atoms with Crippen LogP contribution in [0.15, 0.2) is 35.5 Å². The van der Waals surface area contributed by atoms with Crippen molar-refractivity contribution < 1.29 is 0 Å². The largest absolute Gasteiger partial charge is 0.369 e. The van der Waals surface area contributed by atoms with Crippen LogP contribution in [0.3, 0.4) is 0 Å². The molecule has 5 nitrogen and oxygen atoms in total. The van der Waals surface area contributed by atoms with Gasteiger partial charge in [0.2, 0.25) is 5.82 Å². The maximum Gasteiger partial charge on any atom is 0.224 e. The Hall–Kier alpha value is -1.88. The van der Waals surface area contributed by atoms with Gasteiger partial charge in [0.1, 0.15) is 0 Å². The molecule has 0 unspecified atom stereocenters. The Morgan fingerprint density at radius 3 is 2.53 bits per heavy atom. The summed E-state index contributed by atoms with van der Waals surface area (Å²) in [6.45, 7) is 0. The quantitative estimate of drug-likeness (QED) is 0.769.